The summed E-state index contributed by atoms with van der Waals surface area (Å²) >= 11 is 0. The van der Waals surface area contributed by atoms with Crippen LogP contribution in [0.4, 0.5) is 0 Å². The quantitative estimate of drug-likeness (QED) is 0.785. The number of pyridine rings is 1. The minimum atomic E-state index is -0.652. The van der Waals surface area contributed by atoms with E-state index in [0.717, 1.165) is 0 Å². The molecule has 7 nitrogen and oxygen atoms in total. The second-order valence-corrected chi connectivity index (χ2v) is 3.51. The molecule has 0 aliphatic rings. The second-order valence-electron chi connectivity index (χ2n) is 3.51. The van der Waals surface area contributed by atoms with E-state index < -0.39 is 11.9 Å². The number of fused-ring (bicyclic) bond motifs is 1. The molecule has 0 unspecified atom stereocenters. The Kier molecular flexibility index (Phi) is 2.88. The maximum Gasteiger partial charge on any atom is 0.338 e. The minimum absolute atomic E-state index is 0.0929. The number of hydrogen-bond donors (Lipinski definition) is 1. The summed E-state index contributed by atoms with van der Waals surface area (Å²) in [5, 5.41) is 3.97. The predicted octanol–water partition coefficient (Wildman–Crippen LogP) is 0.228. The monoisotopic (exact) mass is 249 g/mol. The average molecular weight is 249 g/mol. The number of nitrogens with two attached hydrogens (primary N) is 1. The van der Waals surface area contributed by atoms with Crippen LogP contribution in [0.15, 0.2) is 18.2 Å². The number of amides is 1. The minimum Gasteiger partial charge on any atom is -0.481 e. The van der Waals surface area contributed by atoms with Gasteiger partial charge in [-0.15, -0.1) is 0 Å². The lowest BCUT2D eigenvalue weighted by atomic mass is 10.2. The topological polar surface area (TPSA) is 95.9 Å². The van der Waals surface area contributed by atoms with Crippen molar-refractivity contribution in [1.29, 1.82) is 0 Å². The van der Waals surface area contributed by atoms with Crippen LogP contribution in [0.3, 0.4) is 0 Å². The summed E-state index contributed by atoms with van der Waals surface area (Å²) in [7, 11) is 2.71. The van der Waals surface area contributed by atoms with Crippen LogP contribution >= 0.6 is 0 Å². The summed E-state index contributed by atoms with van der Waals surface area (Å²) < 4.78 is 11.1. The molecule has 94 valence electrons. The number of primary amides is 1. The van der Waals surface area contributed by atoms with Gasteiger partial charge >= 0.3 is 5.97 Å². The number of hydrogen-bond acceptors (Lipinski definition) is 5. The zero-order valence-corrected chi connectivity index (χ0v) is 9.84. The van der Waals surface area contributed by atoms with Gasteiger partial charge in [-0.3, -0.25) is 4.79 Å². The first-order chi connectivity index (χ1) is 8.56. The van der Waals surface area contributed by atoms with E-state index in [-0.39, 0.29) is 5.69 Å². The highest BCUT2D eigenvalue weighted by Gasteiger charge is 2.14. The van der Waals surface area contributed by atoms with Gasteiger partial charge in [0.1, 0.15) is 0 Å². The molecule has 0 aromatic carbocycles. The Hall–Kier alpha value is -2.57. The highest BCUT2D eigenvalue weighted by Crippen LogP contribution is 2.19. The SMILES string of the molecule is COC(=O)c1cc(OC)n2nc(C(N)=O)cc2c1. The molecule has 2 aromatic heterocycles. The van der Waals surface area contributed by atoms with E-state index in [1.54, 1.807) is 0 Å². The van der Waals surface area contributed by atoms with Crippen molar-refractivity contribution in [2.24, 2.45) is 5.73 Å². The van der Waals surface area contributed by atoms with Crippen LogP contribution in [-0.2, 0) is 4.74 Å². The van der Waals surface area contributed by atoms with E-state index >= 15 is 0 Å². The van der Waals surface area contributed by atoms with Crippen molar-refractivity contribution in [2.45, 2.75) is 0 Å². The van der Waals surface area contributed by atoms with Gasteiger partial charge in [-0.25, -0.2) is 9.31 Å². The Labute approximate surface area is 102 Å². The first kappa shape index (κ1) is 11.9. The lowest BCUT2D eigenvalue weighted by molar-refractivity contribution is 0.0600. The summed E-state index contributed by atoms with van der Waals surface area (Å²) in [5.41, 5.74) is 6.06. The van der Waals surface area contributed by atoms with Crippen molar-refractivity contribution >= 4 is 17.4 Å². The van der Waals surface area contributed by atoms with Crippen LogP contribution in [0.5, 0.6) is 5.88 Å². The van der Waals surface area contributed by atoms with E-state index in [1.165, 1.54) is 36.9 Å². The molecule has 1 amide bonds. The number of carbonyl (C=O) groups is 2. The maximum absolute atomic E-state index is 11.5. The second kappa shape index (κ2) is 4.36. The van der Waals surface area contributed by atoms with E-state index in [9.17, 15) is 9.59 Å². The van der Waals surface area contributed by atoms with E-state index in [2.05, 4.69) is 9.84 Å². The fourth-order valence-corrected chi connectivity index (χ4v) is 1.57. The molecule has 0 aliphatic heterocycles. The first-order valence-electron chi connectivity index (χ1n) is 5.02. The maximum atomic E-state index is 11.5. The summed E-state index contributed by atoms with van der Waals surface area (Å²) in [5.74, 6) is -0.849. The number of methoxy groups -OCH3 is 2. The van der Waals surface area contributed by atoms with Crippen LogP contribution in [-0.4, -0.2) is 35.7 Å². The number of rotatable bonds is 3. The molecule has 0 saturated carbocycles. The van der Waals surface area contributed by atoms with Crippen molar-refractivity contribution in [3.63, 3.8) is 0 Å². The fraction of sp³-hybridized carbons (Fsp3) is 0.182. The third kappa shape index (κ3) is 1.86. The molecule has 2 aromatic rings. The van der Waals surface area contributed by atoms with Crippen molar-refractivity contribution in [1.82, 2.24) is 9.61 Å². The molecule has 0 saturated heterocycles. The van der Waals surface area contributed by atoms with Gasteiger partial charge in [-0.05, 0) is 12.1 Å². The molecule has 0 atom stereocenters. The molecule has 2 N–H and O–H groups in total. The van der Waals surface area contributed by atoms with Gasteiger partial charge in [0.05, 0.1) is 25.3 Å². The third-order valence-electron chi connectivity index (χ3n) is 2.41. The molecule has 0 radical (unpaired) electrons. The van der Waals surface area contributed by atoms with E-state index in [0.29, 0.717) is 17.0 Å². The summed E-state index contributed by atoms with van der Waals surface area (Å²) in [6.45, 7) is 0. The lowest BCUT2D eigenvalue weighted by Crippen LogP contribution is -2.11. The van der Waals surface area contributed by atoms with Crippen LogP contribution in [0.1, 0.15) is 20.8 Å². The standard InChI is InChI=1S/C11H11N3O4/c1-17-9-4-6(11(16)18-2)3-7-5-8(10(12)15)13-14(7)9/h3-5H,1-2H3,(H2,12,15). The van der Waals surface area contributed by atoms with Gasteiger partial charge in [0.2, 0.25) is 5.88 Å². The van der Waals surface area contributed by atoms with Gasteiger partial charge in [0.25, 0.3) is 5.91 Å². The van der Waals surface area contributed by atoms with Gasteiger partial charge in [-0.1, -0.05) is 0 Å². The average Bonchev–Trinajstić information content (AvgIpc) is 2.80. The lowest BCUT2D eigenvalue weighted by Gasteiger charge is -2.05. The Morgan fingerprint density at radius 3 is 2.56 bits per heavy atom. The third-order valence-corrected chi connectivity index (χ3v) is 2.41. The van der Waals surface area contributed by atoms with Crippen molar-refractivity contribution < 1.29 is 19.1 Å². The zero-order chi connectivity index (χ0) is 13.3. The van der Waals surface area contributed by atoms with Gasteiger partial charge < -0.3 is 15.2 Å². The Morgan fingerprint density at radius 1 is 1.28 bits per heavy atom. The molecule has 0 spiro atoms. The number of ether oxygens (including phenoxy) is 2. The van der Waals surface area contributed by atoms with Crippen LogP contribution in [0.25, 0.3) is 5.52 Å². The highest BCUT2D eigenvalue weighted by molar-refractivity contribution is 5.94. The molecule has 2 heterocycles. The van der Waals surface area contributed by atoms with Gasteiger partial charge in [0.15, 0.2) is 5.69 Å². The smallest absolute Gasteiger partial charge is 0.338 e. The number of esters is 1. The molecular formula is C11H11N3O4. The number of carbonyl (C=O) groups excluding carboxylic acids is 2. The molecule has 2 rings (SSSR count). The largest absolute Gasteiger partial charge is 0.481 e. The highest BCUT2D eigenvalue weighted by atomic mass is 16.5. The normalized spacial score (nSPS) is 10.3. The van der Waals surface area contributed by atoms with Crippen LogP contribution in [0.2, 0.25) is 0 Å². The van der Waals surface area contributed by atoms with Crippen molar-refractivity contribution in [3.8, 4) is 5.88 Å². The number of nitrogens with zero attached hydrogens (tertiary/aromatic N) is 2. The van der Waals surface area contributed by atoms with Gasteiger partial charge in [-0.2, -0.15) is 5.10 Å². The first-order valence-corrected chi connectivity index (χ1v) is 5.02. The fourth-order valence-electron chi connectivity index (χ4n) is 1.57. The zero-order valence-electron chi connectivity index (χ0n) is 9.84. The number of aromatic nitrogens is 2. The molecule has 7 heteroatoms. The predicted molar refractivity (Wildman–Crippen MR) is 61.6 cm³/mol. The summed E-state index contributed by atoms with van der Waals surface area (Å²) in [4.78, 5) is 22.5. The van der Waals surface area contributed by atoms with Crippen LogP contribution in [0, 0.1) is 0 Å². The van der Waals surface area contributed by atoms with E-state index in [4.69, 9.17) is 10.5 Å². The molecule has 0 bridgehead atoms. The molecule has 18 heavy (non-hydrogen) atoms. The summed E-state index contributed by atoms with van der Waals surface area (Å²) in [6.07, 6.45) is 0. The Morgan fingerprint density at radius 2 is 2.00 bits per heavy atom. The van der Waals surface area contributed by atoms with Crippen LogP contribution < -0.4 is 10.5 Å². The molecule has 0 aliphatic carbocycles. The molecular weight excluding hydrogens is 238 g/mol. The van der Waals surface area contributed by atoms with Gasteiger partial charge in [0, 0.05) is 6.07 Å². The van der Waals surface area contributed by atoms with E-state index in [1.807, 2.05) is 0 Å². The summed E-state index contributed by atoms with van der Waals surface area (Å²) in [6, 6.07) is 4.47. The van der Waals surface area contributed by atoms with Crippen molar-refractivity contribution in [3.05, 3.63) is 29.5 Å². The Balaban J connectivity index is 2.67. The van der Waals surface area contributed by atoms with Crippen molar-refractivity contribution in [2.75, 3.05) is 14.2 Å². The Bertz CT molecular complexity index is 632. The molecule has 0 fully saturated rings.